The molecular weight excluding hydrogens is 432 g/mol. The second kappa shape index (κ2) is 8.55. The Morgan fingerprint density at radius 2 is 1.61 bits per heavy atom. The van der Waals surface area contributed by atoms with Gasteiger partial charge in [-0.05, 0) is 71.8 Å². The number of hydrogen-bond donors (Lipinski definition) is 0. The maximum Gasteiger partial charge on any atom is 0.123 e. The Balaban J connectivity index is 1.32. The van der Waals surface area contributed by atoms with E-state index < -0.39 is 0 Å². The van der Waals surface area contributed by atoms with Crippen LogP contribution in [0.25, 0.3) is 0 Å². The van der Waals surface area contributed by atoms with Crippen molar-refractivity contribution >= 4 is 23.2 Å². The second-order valence-corrected chi connectivity index (χ2v) is 9.37. The summed E-state index contributed by atoms with van der Waals surface area (Å²) in [6, 6.07) is 21.0. The van der Waals surface area contributed by atoms with E-state index in [4.69, 9.17) is 27.9 Å². The molecule has 3 aromatic rings. The molecule has 2 heterocycles. The van der Waals surface area contributed by atoms with Crippen LogP contribution in [0.3, 0.4) is 0 Å². The van der Waals surface area contributed by atoms with Gasteiger partial charge in [-0.2, -0.15) is 0 Å². The minimum atomic E-state index is -0.275. The molecule has 2 aliphatic rings. The Morgan fingerprint density at radius 1 is 0.935 bits per heavy atom. The molecule has 5 rings (SSSR count). The highest BCUT2D eigenvalue weighted by Crippen LogP contribution is 2.51. The van der Waals surface area contributed by atoms with Gasteiger partial charge < -0.3 is 9.64 Å². The quantitative estimate of drug-likeness (QED) is 0.429. The molecule has 0 N–H and O–H groups in total. The van der Waals surface area contributed by atoms with Crippen molar-refractivity contribution in [2.45, 2.75) is 31.0 Å². The predicted molar refractivity (Wildman–Crippen MR) is 123 cm³/mol. The molecule has 0 bridgehead atoms. The van der Waals surface area contributed by atoms with Gasteiger partial charge in [0, 0.05) is 29.7 Å². The first kappa shape index (κ1) is 21.0. The van der Waals surface area contributed by atoms with Crippen molar-refractivity contribution in [3.05, 3.63) is 105 Å². The molecule has 0 aliphatic carbocycles. The highest BCUT2D eigenvalue weighted by molar-refractivity contribution is 6.34. The standard InChI is InChI=1S/C26H24Cl2FNO/c27-20-15-19(16-21(28)17-20)25-23-3-1-2-4-24(23)26(31-25)10-13-30(14-11-26)12-9-18-5-7-22(29)8-6-18/h1-8,15-17,25H,9-14H2. The van der Waals surface area contributed by atoms with E-state index in [0.717, 1.165) is 44.5 Å². The van der Waals surface area contributed by atoms with Crippen molar-refractivity contribution in [3.8, 4) is 0 Å². The summed E-state index contributed by atoms with van der Waals surface area (Å²) in [5.41, 5.74) is 4.39. The van der Waals surface area contributed by atoms with Crippen LogP contribution >= 0.6 is 23.2 Å². The minimum absolute atomic E-state index is 0.154. The van der Waals surface area contributed by atoms with E-state index in [1.807, 2.05) is 24.3 Å². The van der Waals surface area contributed by atoms with E-state index in [2.05, 4.69) is 29.2 Å². The van der Waals surface area contributed by atoms with Crippen LogP contribution in [0.4, 0.5) is 4.39 Å². The molecule has 1 atom stereocenters. The normalized spacial score (nSPS) is 20.2. The number of fused-ring (bicyclic) bond motifs is 2. The van der Waals surface area contributed by atoms with Crippen LogP contribution in [0.15, 0.2) is 66.7 Å². The van der Waals surface area contributed by atoms with E-state index >= 15 is 0 Å². The molecule has 2 aliphatic heterocycles. The van der Waals surface area contributed by atoms with E-state index in [-0.39, 0.29) is 17.5 Å². The Labute approximate surface area is 192 Å². The van der Waals surface area contributed by atoms with Gasteiger partial charge >= 0.3 is 0 Å². The first-order chi connectivity index (χ1) is 15.0. The zero-order chi connectivity index (χ0) is 21.4. The summed E-state index contributed by atoms with van der Waals surface area (Å²) in [4.78, 5) is 2.48. The summed E-state index contributed by atoms with van der Waals surface area (Å²) < 4.78 is 19.9. The molecule has 0 aromatic heterocycles. The lowest BCUT2D eigenvalue weighted by Crippen LogP contribution is -2.43. The third kappa shape index (κ3) is 4.25. The molecule has 3 aromatic carbocycles. The van der Waals surface area contributed by atoms with Gasteiger partial charge in [0.2, 0.25) is 0 Å². The Morgan fingerprint density at radius 3 is 2.32 bits per heavy atom. The third-order valence-electron chi connectivity index (χ3n) is 6.56. The van der Waals surface area contributed by atoms with Crippen LogP contribution in [-0.2, 0) is 16.8 Å². The fourth-order valence-corrected chi connectivity index (χ4v) is 5.47. The number of likely N-dealkylation sites (tertiary alicyclic amines) is 1. The van der Waals surface area contributed by atoms with Gasteiger partial charge in [0.1, 0.15) is 11.9 Å². The average molecular weight is 456 g/mol. The summed E-state index contributed by atoms with van der Waals surface area (Å²) in [5, 5.41) is 1.25. The smallest absolute Gasteiger partial charge is 0.123 e. The average Bonchev–Trinajstić information content (AvgIpc) is 3.08. The van der Waals surface area contributed by atoms with E-state index in [0.29, 0.717) is 10.0 Å². The summed E-state index contributed by atoms with van der Waals surface area (Å²) in [6.07, 6.45) is 2.66. The van der Waals surface area contributed by atoms with Crippen molar-refractivity contribution in [2.75, 3.05) is 19.6 Å². The first-order valence-corrected chi connectivity index (χ1v) is 11.5. The molecule has 31 heavy (non-hydrogen) atoms. The summed E-state index contributed by atoms with van der Waals surface area (Å²) in [6.45, 7) is 2.91. The fourth-order valence-electron chi connectivity index (χ4n) is 4.93. The van der Waals surface area contributed by atoms with Crippen molar-refractivity contribution in [1.82, 2.24) is 4.90 Å². The number of nitrogens with zero attached hydrogens (tertiary/aromatic N) is 1. The van der Waals surface area contributed by atoms with Crippen molar-refractivity contribution in [2.24, 2.45) is 0 Å². The number of piperidine rings is 1. The Hall–Kier alpha value is -1.91. The van der Waals surface area contributed by atoms with Gasteiger partial charge in [0.25, 0.3) is 0 Å². The molecule has 0 amide bonds. The monoisotopic (exact) mass is 455 g/mol. The topological polar surface area (TPSA) is 12.5 Å². The highest BCUT2D eigenvalue weighted by atomic mass is 35.5. The van der Waals surface area contributed by atoms with Crippen LogP contribution in [0.2, 0.25) is 10.0 Å². The summed E-state index contributed by atoms with van der Waals surface area (Å²) in [7, 11) is 0. The molecule has 160 valence electrons. The third-order valence-corrected chi connectivity index (χ3v) is 7.00. The zero-order valence-corrected chi connectivity index (χ0v) is 18.7. The lowest BCUT2D eigenvalue weighted by Gasteiger charge is -2.40. The van der Waals surface area contributed by atoms with Gasteiger partial charge in [-0.3, -0.25) is 0 Å². The van der Waals surface area contributed by atoms with Crippen molar-refractivity contribution in [1.29, 1.82) is 0 Å². The van der Waals surface area contributed by atoms with E-state index in [9.17, 15) is 4.39 Å². The summed E-state index contributed by atoms with van der Waals surface area (Å²) >= 11 is 12.6. The SMILES string of the molecule is Fc1ccc(CCN2CCC3(CC2)OC(c2cc(Cl)cc(Cl)c2)c2ccccc23)cc1. The van der Waals surface area contributed by atoms with Crippen LogP contribution in [0, 0.1) is 5.82 Å². The molecule has 5 heteroatoms. The largest absolute Gasteiger partial charge is 0.358 e. The van der Waals surface area contributed by atoms with Gasteiger partial charge in [-0.25, -0.2) is 4.39 Å². The molecule has 1 unspecified atom stereocenters. The summed E-state index contributed by atoms with van der Waals surface area (Å²) in [5.74, 6) is -0.184. The van der Waals surface area contributed by atoms with Gasteiger partial charge in [0.05, 0.1) is 5.60 Å². The maximum absolute atomic E-state index is 13.1. The fraction of sp³-hybridized carbons (Fsp3) is 0.308. The molecule has 1 saturated heterocycles. The highest BCUT2D eigenvalue weighted by Gasteiger charge is 2.46. The van der Waals surface area contributed by atoms with Crippen LogP contribution < -0.4 is 0 Å². The Kier molecular flexibility index (Phi) is 5.78. The molecular formula is C26H24Cl2FNO. The van der Waals surface area contributed by atoms with Crippen molar-refractivity contribution in [3.63, 3.8) is 0 Å². The van der Waals surface area contributed by atoms with Crippen LogP contribution in [-0.4, -0.2) is 24.5 Å². The molecule has 1 fully saturated rings. The van der Waals surface area contributed by atoms with Gasteiger partial charge in [0.15, 0.2) is 0 Å². The van der Waals surface area contributed by atoms with E-state index in [1.165, 1.54) is 28.8 Å². The molecule has 0 radical (unpaired) electrons. The number of benzene rings is 3. The minimum Gasteiger partial charge on any atom is -0.358 e. The van der Waals surface area contributed by atoms with Crippen LogP contribution in [0.1, 0.15) is 41.2 Å². The molecule has 2 nitrogen and oxygen atoms in total. The lowest BCUT2D eigenvalue weighted by atomic mass is 9.83. The van der Waals surface area contributed by atoms with Crippen LogP contribution in [0.5, 0.6) is 0 Å². The Bertz CT molecular complexity index is 1060. The molecule has 1 spiro atoms. The maximum atomic E-state index is 13.1. The van der Waals surface area contributed by atoms with Crippen molar-refractivity contribution < 1.29 is 9.13 Å². The zero-order valence-electron chi connectivity index (χ0n) is 17.2. The first-order valence-electron chi connectivity index (χ1n) is 10.7. The number of ether oxygens (including phenoxy) is 1. The second-order valence-electron chi connectivity index (χ2n) is 8.50. The number of rotatable bonds is 4. The molecule has 0 saturated carbocycles. The van der Waals surface area contributed by atoms with E-state index in [1.54, 1.807) is 6.07 Å². The lowest BCUT2D eigenvalue weighted by molar-refractivity contribution is -0.0966. The number of halogens is 3. The van der Waals surface area contributed by atoms with Gasteiger partial charge in [-0.15, -0.1) is 0 Å². The van der Waals surface area contributed by atoms with Gasteiger partial charge in [-0.1, -0.05) is 59.6 Å². The predicted octanol–water partition coefficient (Wildman–Crippen LogP) is 6.79. The number of hydrogen-bond acceptors (Lipinski definition) is 2.